The van der Waals surface area contributed by atoms with Crippen LogP contribution in [0.1, 0.15) is 17.4 Å². The molecule has 0 spiro atoms. The zero-order valence-electron chi connectivity index (χ0n) is 14.5. The standard InChI is InChI=1S/C18H19N5O2S/c1-2-25-14-4-3-5-15-16(14)21-18(26-15)23-10-8-22(9-11-23)17(24)13-12-19-6-7-20-13/h3-7,12H,2,8-11H2,1H3. The van der Waals surface area contributed by atoms with Crippen molar-refractivity contribution in [2.75, 3.05) is 37.7 Å². The zero-order valence-corrected chi connectivity index (χ0v) is 15.3. The van der Waals surface area contributed by atoms with Crippen molar-refractivity contribution in [2.45, 2.75) is 6.92 Å². The lowest BCUT2D eigenvalue weighted by Gasteiger charge is -2.34. The van der Waals surface area contributed by atoms with E-state index in [1.165, 1.54) is 6.20 Å². The van der Waals surface area contributed by atoms with Gasteiger partial charge in [-0.15, -0.1) is 0 Å². The summed E-state index contributed by atoms with van der Waals surface area (Å²) in [5.41, 5.74) is 1.30. The first-order valence-electron chi connectivity index (χ1n) is 8.59. The van der Waals surface area contributed by atoms with Gasteiger partial charge in [0, 0.05) is 38.6 Å². The summed E-state index contributed by atoms with van der Waals surface area (Å²) in [6, 6.07) is 6.01. The fourth-order valence-electron chi connectivity index (χ4n) is 2.99. The van der Waals surface area contributed by atoms with Gasteiger partial charge in [0.25, 0.3) is 5.91 Å². The topological polar surface area (TPSA) is 71.5 Å². The Balaban J connectivity index is 1.47. The number of thiazole rings is 1. The van der Waals surface area contributed by atoms with Crippen LogP contribution >= 0.6 is 11.3 Å². The zero-order chi connectivity index (χ0) is 17.9. The fraction of sp³-hybridized carbons (Fsp3) is 0.333. The molecule has 0 unspecified atom stereocenters. The van der Waals surface area contributed by atoms with Crippen molar-refractivity contribution in [3.8, 4) is 5.75 Å². The lowest BCUT2D eigenvalue weighted by Crippen LogP contribution is -2.49. The van der Waals surface area contributed by atoms with E-state index in [0.717, 1.165) is 34.2 Å². The molecule has 2 aromatic heterocycles. The Morgan fingerprint density at radius 3 is 2.81 bits per heavy atom. The Labute approximate surface area is 155 Å². The van der Waals surface area contributed by atoms with Crippen molar-refractivity contribution in [1.82, 2.24) is 19.9 Å². The number of hydrogen-bond acceptors (Lipinski definition) is 7. The number of aromatic nitrogens is 3. The second-order valence-corrected chi connectivity index (χ2v) is 6.91. The average molecular weight is 369 g/mol. The minimum absolute atomic E-state index is 0.0688. The van der Waals surface area contributed by atoms with Gasteiger partial charge in [-0.2, -0.15) is 0 Å². The van der Waals surface area contributed by atoms with Gasteiger partial charge in [0.1, 0.15) is 17.0 Å². The summed E-state index contributed by atoms with van der Waals surface area (Å²) in [6.07, 6.45) is 4.62. The van der Waals surface area contributed by atoms with Crippen LogP contribution in [0.5, 0.6) is 5.75 Å². The second-order valence-electron chi connectivity index (χ2n) is 5.90. The van der Waals surface area contributed by atoms with Gasteiger partial charge < -0.3 is 14.5 Å². The second kappa shape index (κ2) is 7.25. The van der Waals surface area contributed by atoms with E-state index in [9.17, 15) is 4.79 Å². The highest BCUT2D eigenvalue weighted by Crippen LogP contribution is 2.34. The number of ether oxygens (including phenoxy) is 1. The number of amides is 1. The molecule has 1 amide bonds. The maximum Gasteiger partial charge on any atom is 0.274 e. The number of rotatable bonds is 4. The molecule has 1 fully saturated rings. The number of anilines is 1. The summed E-state index contributed by atoms with van der Waals surface area (Å²) >= 11 is 1.66. The number of carbonyl (C=O) groups is 1. The van der Waals surface area contributed by atoms with Crippen molar-refractivity contribution in [2.24, 2.45) is 0 Å². The average Bonchev–Trinajstić information content (AvgIpc) is 3.14. The molecule has 0 saturated carbocycles. The quantitative estimate of drug-likeness (QED) is 0.703. The molecular weight excluding hydrogens is 350 g/mol. The number of piperazine rings is 1. The molecule has 0 bridgehead atoms. The largest absolute Gasteiger partial charge is 0.492 e. The number of carbonyl (C=O) groups excluding carboxylic acids is 1. The van der Waals surface area contributed by atoms with Crippen molar-refractivity contribution < 1.29 is 9.53 Å². The third kappa shape index (κ3) is 3.20. The molecule has 1 aliphatic rings. The van der Waals surface area contributed by atoms with E-state index in [2.05, 4.69) is 20.9 Å². The SMILES string of the molecule is CCOc1cccc2sc(N3CCN(C(=O)c4cnccn4)CC3)nc12. The molecule has 7 nitrogen and oxygen atoms in total. The summed E-state index contributed by atoms with van der Waals surface area (Å²) < 4.78 is 6.79. The Bertz CT molecular complexity index is 906. The van der Waals surface area contributed by atoms with Crippen LogP contribution in [0.25, 0.3) is 10.2 Å². The third-order valence-corrected chi connectivity index (χ3v) is 5.37. The monoisotopic (exact) mass is 369 g/mol. The van der Waals surface area contributed by atoms with Gasteiger partial charge >= 0.3 is 0 Å². The Hall–Kier alpha value is -2.74. The minimum atomic E-state index is -0.0688. The number of benzene rings is 1. The fourth-order valence-corrected chi connectivity index (χ4v) is 4.03. The molecule has 3 aromatic rings. The highest BCUT2D eigenvalue weighted by Gasteiger charge is 2.25. The van der Waals surface area contributed by atoms with E-state index in [0.29, 0.717) is 25.4 Å². The lowest BCUT2D eigenvalue weighted by molar-refractivity contribution is 0.0740. The number of hydrogen-bond donors (Lipinski definition) is 0. The van der Waals surface area contributed by atoms with Gasteiger partial charge in [-0.05, 0) is 19.1 Å². The van der Waals surface area contributed by atoms with Crippen molar-refractivity contribution >= 4 is 32.6 Å². The van der Waals surface area contributed by atoms with Crippen LogP contribution < -0.4 is 9.64 Å². The number of nitrogens with zero attached hydrogens (tertiary/aromatic N) is 5. The summed E-state index contributed by atoms with van der Waals surface area (Å²) in [5, 5.41) is 0.971. The van der Waals surface area contributed by atoms with Gasteiger partial charge in [0.05, 0.1) is 17.5 Å². The Morgan fingerprint density at radius 1 is 1.23 bits per heavy atom. The molecule has 0 radical (unpaired) electrons. The third-order valence-electron chi connectivity index (χ3n) is 4.29. The molecule has 26 heavy (non-hydrogen) atoms. The van der Waals surface area contributed by atoms with E-state index >= 15 is 0 Å². The van der Waals surface area contributed by atoms with Crippen LogP contribution in [0.15, 0.2) is 36.8 Å². The van der Waals surface area contributed by atoms with Crippen molar-refractivity contribution in [1.29, 1.82) is 0 Å². The van der Waals surface area contributed by atoms with Crippen LogP contribution in [0, 0.1) is 0 Å². The van der Waals surface area contributed by atoms with Gasteiger partial charge in [0.15, 0.2) is 5.13 Å². The molecule has 0 atom stereocenters. The first-order valence-corrected chi connectivity index (χ1v) is 9.40. The van der Waals surface area contributed by atoms with Crippen LogP contribution in [-0.2, 0) is 0 Å². The molecule has 3 heterocycles. The van der Waals surface area contributed by atoms with Crippen molar-refractivity contribution in [3.05, 3.63) is 42.5 Å². The maximum absolute atomic E-state index is 12.5. The molecule has 134 valence electrons. The molecule has 1 aromatic carbocycles. The van der Waals surface area contributed by atoms with E-state index < -0.39 is 0 Å². The molecular formula is C18H19N5O2S. The van der Waals surface area contributed by atoms with E-state index in [4.69, 9.17) is 9.72 Å². The summed E-state index contributed by atoms with van der Waals surface area (Å²) in [5.74, 6) is 0.754. The lowest BCUT2D eigenvalue weighted by atomic mass is 10.3. The molecule has 4 rings (SSSR count). The summed E-state index contributed by atoms with van der Waals surface area (Å²) in [4.78, 5) is 29.4. The maximum atomic E-state index is 12.5. The predicted molar refractivity (Wildman–Crippen MR) is 101 cm³/mol. The minimum Gasteiger partial charge on any atom is -0.492 e. The molecule has 8 heteroatoms. The molecule has 1 saturated heterocycles. The molecule has 0 aliphatic carbocycles. The molecule has 0 N–H and O–H groups in total. The highest BCUT2D eigenvalue weighted by molar-refractivity contribution is 7.22. The van der Waals surface area contributed by atoms with Crippen LogP contribution in [0.2, 0.25) is 0 Å². The number of fused-ring (bicyclic) bond motifs is 1. The van der Waals surface area contributed by atoms with Crippen LogP contribution in [0.3, 0.4) is 0 Å². The van der Waals surface area contributed by atoms with Gasteiger partial charge in [-0.25, -0.2) is 9.97 Å². The molecule has 1 aliphatic heterocycles. The van der Waals surface area contributed by atoms with Crippen molar-refractivity contribution in [3.63, 3.8) is 0 Å². The van der Waals surface area contributed by atoms with Gasteiger partial charge in [0.2, 0.25) is 0 Å². The highest BCUT2D eigenvalue weighted by atomic mass is 32.1. The Kier molecular flexibility index (Phi) is 4.66. The number of para-hydroxylation sites is 1. The van der Waals surface area contributed by atoms with E-state index in [1.54, 1.807) is 23.7 Å². The van der Waals surface area contributed by atoms with Crippen LogP contribution in [0.4, 0.5) is 5.13 Å². The van der Waals surface area contributed by atoms with E-state index in [-0.39, 0.29) is 5.91 Å². The first-order chi connectivity index (χ1) is 12.8. The summed E-state index contributed by atoms with van der Waals surface area (Å²) in [7, 11) is 0. The Morgan fingerprint density at radius 2 is 2.08 bits per heavy atom. The predicted octanol–water partition coefficient (Wildman–Crippen LogP) is 2.45. The van der Waals surface area contributed by atoms with E-state index in [1.807, 2.05) is 24.0 Å². The summed E-state index contributed by atoms with van der Waals surface area (Å²) in [6.45, 7) is 5.37. The smallest absolute Gasteiger partial charge is 0.274 e. The van der Waals surface area contributed by atoms with Gasteiger partial charge in [-0.3, -0.25) is 9.78 Å². The van der Waals surface area contributed by atoms with Gasteiger partial charge in [-0.1, -0.05) is 17.4 Å². The first kappa shape index (κ1) is 16.7. The normalized spacial score (nSPS) is 14.7. The van der Waals surface area contributed by atoms with Crippen LogP contribution in [-0.4, -0.2) is 58.5 Å².